The van der Waals surface area contributed by atoms with Crippen LogP contribution in [0.2, 0.25) is 0 Å². The largest absolute Gasteiger partial charge is 0.375 e. The number of fused-ring (bicyclic) bond motifs is 2. The molecule has 2 heterocycles. The van der Waals surface area contributed by atoms with Gasteiger partial charge in [-0.3, -0.25) is 4.79 Å². The van der Waals surface area contributed by atoms with Crippen LogP contribution in [0.25, 0.3) is 0 Å². The van der Waals surface area contributed by atoms with Gasteiger partial charge in [0.05, 0.1) is 13.2 Å². The van der Waals surface area contributed by atoms with E-state index < -0.39 is 0 Å². The Kier molecular flexibility index (Phi) is 7.34. The number of amides is 1. The molecule has 3 rings (SSSR count). The van der Waals surface area contributed by atoms with Crippen molar-refractivity contribution in [3.8, 4) is 0 Å². The summed E-state index contributed by atoms with van der Waals surface area (Å²) < 4.78 is 5.58. The minimum absolute atomic E-state index is 0. The first kappa shape index (κ1) is 18.2. The van der Waals surface area contributed by atoms with Crippen molar-refractivity contribution in [2.45, 2.75) is 50.8 Å². The molecule has 23 heavy (non-hydrogen) atoms. The van der Waals surface area contributed by atoms with Gasteiger partial charge in [-0.2, -0.15) is 0 Å². The van der Waals surface area contributed by atoms with E-state index in [0.717, 1.165) is 12.8 Å². The van der Waals surface area contributed by atoms with Gasteiger partial charge in [-0.15, -0.1) is 12.4 Å². The molecular formula is C18H27ClN2O2. The molecular weight excluding hydrogens is 312 g/mol. The summed E-state index contributed by atoms with van der Waals surface area (Å²) in [7, 11) is 0. The summed E-state index contributed by atoms with van der Waals surface area (Å²) in [5.74, 6) is 0.735. The molecule has 0 aliphatic carbocycles. The molecule has 2 N–H and O–H groups in total. The molecule has 2 saturated heterocycles. The van der Waals surface area contributed by atoms with Crippen LogP contribution in [0.3, 0.4) is 0 Å². The summed E-state index contributed by atoms with van der Waals surface area (Å²) in [6.07, 6.45) is 5.57. The second-order valence-corrected chi connectivity index (χ2v) is 6.57. The maximum absolute atomic E-state index is 12.0. The molecule has 2 bridgehead atoms. The van der Waals surface area contributed by atoms with Gasteiger partial charge in [-0.1, -0.05) is 30.3 Å². The average Bonchev–Trinajstić information content (AvgIpc) is 2.87. The zero-order chi connectivity index (χ0) is 15.2. The Morgan fingerprint density at radius 1 is 1.17 bits per heavy atom. The zero-order valence-electron chi connectivity index (χ0n) is 13.5. The summed E-state index contributed by atoms with van der Waals surface area (Å²) in [4.78, 5) is 12.0. The first-order chi connectivity index (χ1) is 10.8. The van der Waals surface area contributed by atoms with Crippen LogP contribution < -0.4 is 10.6 Å². The van der Waals surface area contributed by atoms with E-state index in [-0.39, 0.29) is 18.3 Å². The van der Waals surface area contributed by atoms with Crippen LogP contribution in [0.1, 0.15) is 37.7 Å². The van der Waals surface area contributed by atoms with Gasteiger partial charge < -0.3 is 15.4 Å². The second kappa shape index (κ2) is 9.26. The van der Waals surface area contributed by atoms with Crippen molar-refractivity contribution in [2.24, 2.45) is 5.92 Å². The van der Waals surface area contributed by atoms with E-state index in [1.54, 1.807) is 0 Å². The van der Waals surface area contributed by atoms with Crippen molar-refractivity contribution >= 4 is 18.3 Å². The Bertz CT molecular complexity index is 471. The van der Waals surface area contributed by atoms with Gasteiger partial charge in [0, 0.05) is 25.0 Å². The molecule has 0 spiro atoms. The van der Waals surface area contributed by atoms with Gasteiger partial charge in [0.25, 0.3) is 0 Å². The van der Waals surface area contributed by atoms with Crippen LogP contribution in [0.15, 0.2) is 30.3 Å². The quantitative estimate of drug-likeness (QED) is 0.751. The summed E-state index contributed by atoms with van der Waals surface area (Å²) in [5, 5.41) is 6.60. The summed E-state index contributed by atoms with van der Waals surface area (Å²) in [5.41, 5.74) is 1.17. The average molecular weight is 339 g/mol. The number of nitrogens with one attached hydrogen (secondary N) is 2. The molecule has 2 atom stereocenters. The van der Waals surface area contributed by atoms with E-state index in [0.29, 0.717) is 44.2 Å². The lowest BCUT2D eigenvalue weighted by Crippen LogP contribution is -2.40. The van der Waals surface area contributed by atoms with Crippen LogP contribution in [0, 0.1) is 5.92 Å². The predicted octanol–water partition coefficient (Wildman–Crippen LogP) is 2.66. The maximum Gasteiger partial charge on any atom is 0.220 e. The molecule has 1 aromatic rings. The molecule has 1 amide bonds. The number of carbonyl (C=O) groups excluding carboxylic acids is 1. The molecule has 0 radical (unpaired) electrons. The topological polar surface area (TPSA) is 50.4 Å². The summed E-state index contributed by atoms with van der Waals surface area (Å²) in [6, 6.07) is 11.4. The highest BCUT2D eigenvalue weighted by molar-refractivity contribution is 5.85. The number of piperidine rings is 1. The molecule has 4 nitrogen and oxygen atoms in total. The van der Waals surface area contributed by atoms with Crippen LogP contribution >= 0.6 is 12.4 Å². The van der Waals surface area contributed by atoms with Crippen molar-refractivity contribution in [2.75, 3.05) is 13.2 Å². The van der Waals surface area contributed by atoms with Crippen molar-refractivity contribution in [3.05, 3.63) is 35.9 Å². The lowest BCUT2D eigenvalue weighted by atomic mass is 9.89. The van der Waals surface area contributed by atoms with Gasteiger partial charge in [0.15, 0.2) is 0 Å². The summed E-state index contributed by atoms with van der Waals surface area (Å²) in [6.45, 7) is 1.77. The Labute approximate surface area is 144 Å². The lowest BCUT2D eigenvalue weighted by Gasteiger charge is -2.28. The minimum Gasteiger partial charge on any atom is -0.375 e. The maximum atomic E-state index is 12.0. The SMILES string of the molecule is Cl.O=C(CC1CC2CCC(C1)N2)NCCOCc1ccccc1. The molecule has 2 aliphatic rings. The fourth-order valence-corrected chi connectivity index (χ4v) is 3.70. The number of ether oxygens (including phenoxy) is 1. The van der Waals surface area contributed by atoms with E-state index in [9.17, 15) is 4.79 Å². The van der Waals surface area contributed by atoms with Crippen LogP contribution in [-0.4, -0.2) is 31.1 Å². The van der Waals surface area contributed by atoms with Gasteiger partial charge in [-0.25, -0.2) is 0 Å². The number of carbonyl (C=O) groups is 1. The highest BCUT2D eigenvalue weighted by atomic mass is 35.5. The Hall–Kier alpha value is -1.10. The number of hydrogen-bond acceptors (Lipinski definition) is 3. The molecule has 2 unspecified atom stereocenters. The van der Waals surface area contributed by atoms with Gasteiger partial charge >= 0.3 is 0 Å². The normalized spacial score (nSPS) is 25.7. The van der Waals surface area contributed by atoms with Gasteiger partial charge in [0.1, 0.15) is 0 Å². The minimum atomic E-state index is 0. The number of hydrogen-bond donors (Lipinski definition) is 2. The van der Waals surface area contributed by atoms with E-state index in [4.69, 9.17) is 4.74 Å². The molecule has 1 aromatic carbocycles. The first-order valence-corrected chi connectivity index (χ1v) is 8.44. The van der Waals surface area contributed by atoms with E-state index >= 15 is 0 Å². The smallest absolute Gasteiger partial charge is 0.220 e. The number of benzene rings is 1. The van der Waals surface area contributed by atoms with Gasteiger partial charge in [0.2, 0.25) is 5.91 Å². The number of rotatable bonds is 7. The Morgan fingerprint density at radius 3 is 2.57 bits per heavy atom. The predicted molar refractivity (Wildman–Crippen MR) is 93.6 cm³/mol. The molecule has 2 fully saturated rings. The molecule has 5 heteroatoms. The highest BCUT2D eigenvalue weighted by Crippen LogP contribution is 2.32. The van der Waals surface area contributed by atoms with E-state index in [1.807, 2.05) is 30.3 Å². The van der Waals surface area contributed by atoms with Crippen molar-refractivity contribution < 1.29 is 9.53 Å². The van der Waals surface area contributed by atoms with Crippen molar-refractivity contribution in [1.29, 1.82) is 0 Å². The highest BCUT2D eigenvalue weighted by Gasteiger charge is 2.33. The number of halogens is 1. The monoisotopic (exact) mass is 338 g/mol. The van der Waals surface area contributed by atoms with E-state index in [2.05, 4.69) is 10.6 Å². The van der Waals surface area contributed by atoms with Gasteiger partial charge in [-0.05, 0) is 37.2 Å². The second-order valence-electron chi connectivity index (χ2n) is 6.57. The fourth-order valence-electron chi connectivity index (χ4n) is 3.70. The Balaban J connectivity index is 0.00000192. The molecule has 2 aliphatic heterocycles. The lowest BCUT2D eigenvalue weighted by molar-refractivity contribution is -0.122. The molecule has 128 valence electrons. The molecule has 0 saturated carbocycles. The van der Waals surface area contributed by atoms with Crippen molar-refractivity contribution in [3.63, 3.8) is 0 Å². The zero-order valence-corrected chi connectivity index (χ0v) is 14.3. The molecule has 0 aromatic heterocycles. The summed E-state index contributed by atoms with van der Waals surface area (Å²) >= 11 is 0. The standard InChI is InChI=1S/C18H26N2O2.ClH/c21-18(12-15-10-16-6-7-17(11-15)20-16)19-8-9-22-13-14-4-2-1-3-5-14;/h1-5,15-17,20H,6-13H2,(H,19,21);1H. The van der Waals surface area contributed by atoms with E-state index in [1.165, 1.54) is 18.4 Å². The fraction of sp³-hybridized carbons (Fsp3) is 0.611. The Morgan fingerprint density at radius 2 is 1.87 bits per heavy atom. The third-order valence-electron chi connectivity index (χ3n) is 4.72. The van der Waals surface area contributed by atoms with Crippen LogP contribution in [-0.2, 0) is 16.1 Å². The third-order valence-corrected chi connectivity index (χ3v) is 4.72. The first-order valence-electron chi connectivity index (χ1n) is 8.44. The third kappa shape index (κ3) is 5.79. The van der Waals surface area contributed by atoms with Crippen molar-refractivity contribution in [1.82, 2.24) is 10.6 Å². The van der Waals surface area contributed by atoms with Crippen LogP contribution in [0.4, 0.5) is 0 Å². The van der Waals surface area contributed by atoms with Crippen LogP contribution in [0.5, 0.6) is 0 Å².